The molecule has 2 unspecified atom stereocenters. The van der Waals surface area contributed by atoms with Crippen LogP contribution in [-0.4, -0.2) is 43.2 Å². The molecule has 1 fully saturated rings. The second kappa shape index (κ2) is 6.91. The molecule has 0 amide bonds. The van der Waals surface area contributed by atoms with Crippen molar-refractivity contribution >= 4 is 0 Å². The van der Waals surface area contributed by atoms with Crippen molar-refractivity contribution in [1.29, 1.82) is 0 Å². The van der Waals surface area contributed by atoms with E-state index in [-0.39, 0.29) is 6.10 Å². The Labute approximate surface area is 128 Å². The van der Waals surface area contributed by atoms with Crippen LogP contribution >= 0.6 is 0 Å². The molecule has 3 nitrogen and oxygen atoms in total. The first-order valence-corrected chi connectivity index (χ1v) is 8.41. The zero-order valence-electron chi connectivity index (χ0n) is 13.3. The van der Waals surface area contributed by atoms with E-state index in [1.807, 2.05) is 0 Å². The zero-order valence-corrected chi connectivity index (χ0v) is 13.3. The second-order valence-electron chi connectivity index (χ2n) is 6.65. The van der Waals surface area contributed by atoms with Crippen LogP contribution in [-0.2, 0) is 11.2 Å². The summed E-state index contributed by atoms with van der Waals surface area (Å²) >= 11 is 0. The van der Waals surface area contributed by atoms with Gasteiger partial charge in [-0.25, -0.2) is 0 Å². The van der Waals surface area contributed by atoms with Crippen molar-refractivity contribution in [2.45, 2.75) is 51.3 Å². The largest absolute Gasteiger partial charge is 0.372 e. The molecule has 2 aliphatic rings. The lowest BCUT2D eigenvalue weighted by atomic mass is 9.97. The topological polar surface area (TPSA) is 24.5 Å². The van der Waals surface area contributed by atoms with E-state index < -0.39 is 0 Å². The van der Waals surface area contributed by atoms with Gasteiger partial charge in [0.25, 0.3) is 0 Å². The average Bonchev–Trinajstić information content (AvgIpc) is 3.00. The van der Waals surface area contributed by atoms with Gasteiger partial charge in [0.05, 0.1) is 12.7 Å². The highest BCUT2D eigenvalue weighted by Crippen LogP contribution is 2.28. The van der Waals surface area contributed by atoms with Gasteiger partial charge in [-0.2, -0.15) is 0 Å². The summed E-state index contributed by atoms with van der Waals surface area (Å²) < 4.78 is 6.09. The molecule has 1 aromatic carbocycles. The molecule has 0 saturated carbocycles. The molecule has 21 heavy (non-hydrogen) atoms. The van der Waals surface area contributed by atoms with Crippen molar-refractivity contribution < 1.29 is 4.74 Å². The molecule has 1 N–H and O–H groups in total. The van der Waals surface area contributed by atoms with Crippen molar-refractivity contribution in [2.75, 3.05) is 26.2 Å². The quantitative estimate of drug-likeness (QED) is 0.901. The molecule has 2 aliphatic heterocycles. The van der Waals surface area contributed by atoms with Gasteiger partial charge in [-0.05, 0) is 50.8 Å². The number of benzene rings is 1. The lowest BCUT2D eigenvalue weighted by Gasteiger charge is -2.35. The molecule has 116 valence electrons. The van der Waals surface area contributed by atoms with Crippen LogP contribution in [0.1, 0.15) is 43.9 Å². The molecule has 0 radical (unpaired) electrons. The van der Waals surface area contributed by atoms with Gasteiger partial charge in [-0.15, -0.1) is 0 Å². The van der Waals surface area contributed by atoms with Crippen molar-refractivity contribution in [3.05, 3.63) is 35.4 Å². The van der Waals surface area contributed by atoms with Gasteiger partial charge < -0.3 is 10.1 Å². The predicted octanol–water partition coefficient (Wildman–Crippen LogP) is 2.76. The number of rotatable bonds is 5. The van der Waals surface area contributed by atoms with Crippen LogP contribution in [0.25, 0.3) is 0 Å². The monoisotopic (exact) mass is 288 g/mol. The third-order valence-corrected chi connectivity index (χ3v) is 4.84. The lowest BCUT2D eigenvalue weighted by molar-refractivity contribution is 0.00733. The zero-order chi connectivity index (χ0) is 14.7. The molecule has 3 heteroatoms. The Morgan fingerprint density at radius 2 is 2.14 bits per heavy atom. The molecule has 0 bridgehead atoms. The highest BCUT2D eigenvalue weighted by molar-refractivity contribution is 5.31. The summed E-state index contributed by atoms with van der Waals surface area (Å²) in [4.78, 5) is 2.58. The fourth-order valence-corrected chi connectivity index (χ4v) is 3.53. The Bertz CT molecular complexity index is 454. The molecule has 1 saturated heterocycles. The summed E-state index contributed by atoms with van der Waals surface area (Å²) in [7, 11) is 0. The van der Waals surface area contributed by atoms with E-state index in [4.69, 9.17) is 4.74 Å². The molecule has 3 rings (SSSR count). The minimum absolute atomic E-state index is 0.235. The number of hydrogen-bond acceptors (Lipinski definition) is 3. The third-order valence-electron chi connectivity index (χ3n) is 4.84. The Morgan fingerprint density at radius 3 is 2.90 bits per heavy atom. The summed E-state index contributed by atoms with van der Waals surface area (Å²) in [6.45, 7) is 8.77. The van der Waals surface area contributed by atoms with E-state index in [9.17, 15) is 0 Å². The molecule has 1 aromatic rings. The van der Waals surface area contributed by atoms with Crippen LogP contribution in [0.5, 0.6) is 0 Å². The van der Waals surface area contributed by atoms with Gasteiger partial charge in [0.2, 0.25) is 0 Å². The van der Waals surface area contributed by atoms with Crippen molar-refractivity contribution in [2.24, 2.45) is 0 Å². The Kier molecular flexibility index (Phi) is 4.94. The van der Waals surface area contributed by atoms with Crippen molar-refractivity contribution in [3.63, 3.8) is 0 Å². The van der Waals surface area contributed by atoms with Gasteiger partial charge >= 0.3 is 0 Å². The fraction of sp³-hybridized carbons (Fsp3) is 0.667. The van der Waals surface area contributed by atoms with Crippen LogP contribution in [0.15, 0.2) is 24.3 Å². The maximum atomic E-state index is 6.09. The van der Waals surface area contributed by atoms with E-state index >= 15 is 0 Å². The lowest BCUT2D eigenvalue weighted by Crippen LogP contribution is -2.44. The SMILES string of the molecule is CC(C)N(CC1CCCN1)CC1OCCc2ccccc21. The van der Waals surface area contributed by atoms with Gasteiger partial charge in [-0.1, -0.05) is 24.3 Å². The first-order chi connectivity index (χ1) is 10.2. The summed E-state index contributed by atoms with van der Waals surface area (Å²) in [5.74, 6) is 0. The Balaban J connectivity index is 1.68. The molecule has 0 spiro atoms. The van der Waals surface area contributed by atoms with E-state index in [0.29, 0.717) is 12.1 Å². The van der Waals surface area contributed by atoms with Crippen LogP contribution < -0.4 is 5.32 Å². The maximum Gasteiger partial charge on any atom is 0.0954 e. The number of nitrogens with one attached hydrogen (secondary N) is 1. The van der Waals surface area contributed by atoms with E-state index in [0.717, 1.165) is 26.1 Å². The summed E-state index contributed by atoms with van der Waals surface area (Å²) in [5.41, 5.74) is 2.87. The van der Waals surface area contributed by atoms with Gasteiger partial charge in [0.1, 0.15) is 0 Å². The van der Waals surface area contributed by atoms with Gasteiger partial charge in [0, 0.05) is 25.2 Å². The fourth-order valence-electron chi connectivity index (χ4n) is 3.53. The van der Waals surface area contributed by atoms with E-state index in [1.54, 1.807) is 0 Å². The van der Waals surface area contributed by atoms with Crippen molar-refractivity contribution in [3.8, 4) is 0 Å². The molecular weight excluding hydrogens is 260 g/mol. The predicted molar refractivity (Wildman–Crippen MR) is 86.6 cm³/mol. The minimum atomic E-state index is 0.235. The standard InChI is InChI=1S/C18H28N2O/c1-14(2)20(12-16-7-5-10-19-16)13-18-17-8-4-3-6-15(17)9-11-21-18/h3-4,6,8,14,16,18-19H,5,7,9-13H2,1-2H3. The number of ether oxygens (including phenoxy) is 1. The minimum Gasteiger partial charge on any atom is -0.372 e. The van der Waals surface area contributed by atoms with Gasteiger partial charge in [0.15, 0.2) is 0 Å². The third kappa shape index (κ3) is 3.65. The van der Waals surface area contributed by atoms with Crippen LogP contribution in [0.3, 0.4) is 0 Å². The highest BCUT2D eigenvalue weighted by Gasteiger charge is 2.26. The second-order valence-corrected chi connectivity index (χ2v) is 6.65. The maximum absolute atomic E-state index is 6.09. The normalized spacial score (nSPS) is 25.5. The Morgan fingerprint density at radius 1 is 1.29 bits per heavy atom. The molecular formula is C18H28N2O. The molecule has 2 heterocycles. The number of hydrogen-bond donors (Lipinski definition) is 1. The van der Waals surface area contributed by atoms with Crippen LogP contribution in [0, 0.1) is 0 Å². The van der Waals surface area contributed by atoms with Gasteiger partial charge in [-0.3, -0.25) is 4.90 Å². The molecule has 2 atom stereocenters. The van der Waals surface area contributed by atoms with Crippen LogP contribution in [0.4, 0.5) is 0 Å². The van der Waals surface area contributed by atoms with Crippen molar-refractivity contribution in [1.82, 2.24) is 10.2 Å². The smallest absolute Gasteiger partial charge is 0.0954 e. The molecule has 0 aliphatic carbocycles. The first kappa shape index (κ1) is 15.0. The summed E-state index contributed by atoms with van der Waals surface area (Å²) in [6, 6.07) is 9.99. The highest BCUT2D eigenvalue weighted by atomic mass is 16.5. The first-order valence-electron chi connectivity index (χ1n) is 8.41. The average molecular weight is 288 g/mol. The van der Waals surface area contributed by atoms with E-state index in [1.165, 1.54) is 30.5 Å². The molecule has 0 aromatic heterocycles. The van der Waals surface area contributed by atoms with Crippen LogP contribution in [0.2, 0.25) is 0 Å². The number of nitrogens with zero attached hydrogens (tertiary/aromatic N) is 1. The summed E-state index contributed by atoms with van der Waals surface area (Å²) in [5, 5.41) is 3.62. The Hall–Kier alpha value is -0.900. The van der Waals surface area contributed by atoms with E-state index in [2.05, 4.69) is 48.3 Å². The number of fused-ring (bicyclic) bond motifs is 1. The summed E-state index contributed by atoms with van der Waals surface area (Å²) in [6.07, 6.45) is 3.92.